The van der Waals surface area contributed by atoms with Gasteiger partial charge in [-0.1, -0.05) is 36.4 Å². The fourth-order valence-corrected chi connectivity index (χ4v) is 1.73. The molecule has 2 aromatic rings. The molecule has 0 atom stereocenters. The quantitative estimate of drug-likeness (QED) is 0.505. The molecule has 4 N–H and O–H groups in total. The number of hydrogen-bond donors (Lipinski definition) is 2. The molecule has 0 heterocycles. The third-order valence-corrected chi connectivity index (χ3v) is 2.69. The first-order valence-corrected chi connectivity index (χ1v) is 6.05. The zero-order valence-electron chi connectivity index (χ0n) is 11.2. The van der Waals surface area contributed by atoms with Gasteiger partial charge in [-0.3, -0.25) is 0 Å². The molecule has 2 rings (SSSR count). The van der Waals surface area contributed by atoms with E-state index in [1.165, 1.54) is 0 Å². The van der Waals surface area contributed by atoms with Gasteiger partial charge in [-0.25, -0.2) is 0 Å². The maximum Gasteiger partial charge on any atom is 0.211 e. The highest BCUT2D eigenvalue weighted by Crippen LogP contribution is 2.23. The second kappa shape index (κ2) is 6.38. The zero-order chi connectivity index (χ0) is 14.4. The molecule has 2 aromatic carbocycles. The van der Waals surface area contributed by atoms with Crippen molar-refractivity contribution in [3.05, 3.63) is 54.1 Å². The monoisotopic (exact) mass is 268 g/mol. The predicted octanol–water partition coefficient (Wildman–Crippen LogP) is 1.97. The molecule has 0 unspecified atom stereocenters. The van der Waals surface area contributed by atoms with Gasteiger partial charge in [-0.2, -0.15) is 5.10 Å². The molecular formula is C15H16N4O. The van der Waals surface area contributed by atoms with E-state index in [1.54, 1.807) is 13.3 Å². The molecule has 0 saturated heterocycles. The Labute approximate surface area is 117 Å². The second-order valence-corrected chi connectivity index (χ2v) is 4.12. The van der Waals surface area contributed by atoms with Crippen LogP contribution in [0.15, 0.2) is 58.7 Å². The fraction of sp³-hybridized carbons (Fsp3) is 0.0667. The van der Waals surface area contributed by atoms with E-state index in [4.69, 9.17) is 16.2 Å². The van der Waals surface area contributed by atoms with E-state index in [0.717, 1.165) is 22.4 Å². The van der Waals surface area contributed by atoms with Crippen LogP contribution in [-0.2, 0) is 0 Å². The summed E-state index contributed by atoms with van der Waals surface area (Å²) in [7, 11) is 1.66. The third-order valence-electron chi connectivity index (χ3n) is 2.69. The Morgan fingerprint density at radius 1 is 1.05 bits per heavy atom. The zero-order valence-corrected chi connectivity index (χ0v) is 11.2. The highest BCUT2D eigenvalue weighted by atomic mass is 16.5. The number of hydrogen-bond acceptors (Lipinski definition) is 3. The van der Waals surface area contributed by atoms with Crippen molar-refractivity contribution in [2.45, 2.75) is 0 Å². The Morgan fingerprint density at radius 2 is 1.80 bits per heavy atom. The molecule has 0 bridgehead atoms. The van der Waals surface area contributed by atoms with Gasteiger partial charge in [0.05, 0.1) is 13.3 Å². The van der Waals surface area contributed by atoms with Crippen LogP contribution in [0.2, 0.25) is 0 Å². The van der Waals surface area contributed by atoms with E-state index in [9.17, 15) is 0 Å². The summed E-state index contributed by atoms with van der Waals surface area (Å²) >= 11 is 0. The lowest BCUT2D eigenvalue weighted by atomic mass is 10.0. The van der Waals surface area contributed by atoms with Crippen LogP contribution >= 0.6 is 0 Å². The van der Waals surface area contributed by atoms with Gasteiger partial charge in [-0.05, 0) is 28.8 Å². The van der Waals surface area contributed by atoms with Crippen molar-refractivity contribution in [3.63, 3.8) is 0 Å². The van der Waals surface area contributed by atoms with Crippen molar-refractivity contribution in [2.75, 3.05) is 7.11 Å². The maximum absolute atomic E-state index is 5.22. The van der Waals surface area contributed by atoms with E-state index < -0.39 is 0 Å². The highest BCUT2D eigenvalue weighted by Gasteiger charge is 1.99. The predicted molar refractivity (Wildman–Crippen MR) is 81.8 cm³/mol. The summed E-state index contributed by atoms with van der Waals surface area (Å²) in [6.07, 6.45) is 1.59. The molecule has 0 saturated carbocycles. The van der Waals surface area contributed by atoms with Crippen LogP contribution in [0.1, 0.15) is 5.56 Å². The second-order valence-electron chi connectivity index (χ2n) is 4.12. The molecule has 0 amide bonds. The molecule has 0 radical (unpaired) electrons. The molecule has 0 aliphatic rings. The molecule has 20 heavy (non-hydrogen) atoms. The molecule has 0 spiro atoms. The minimum Gasteiger partial charge on any atom is -0.497 e. The summed E-state index contributed by atoms with van der Waals surface area (Å²) in [4.78, 5) is 0. The molecule has 0 fully saturated rings. The van der Waals surface area contributed by atoms with Gasteiger partial charge < -0.3 is 16.2 Å². The van der Waals surface area contributed by atoms with Gasteiger partial charge >= 0.3 is 0 Å². The first-order chi connectivity index (χ1) is 9.69. The Morgan fingerprint density at radius 3 is 2.45 bits per heavy atom. The normalized spacial score (nSPS) is 10.4. The number of guanidine groups is 1. The van der Waals surface area contributed by atoms with Crippen molar-refractivity contribution < 1.29 is 4.74 Å². The van der Waals surface area contributed by atoms with Crippen LogP contribution in [0.4, 0.5) is 0 Å². The van der Waals surface area contributed by atoms with Crippen molar-refractivity contribution in [1.29, 1.82) is 0 Å². The average Bonchev–Trinajstić information content (AvgIpc) is 2.48. The van der Waals surface area contributed by atoms with E-state index in [2.05, 4.69) is 10.2 Å². The van der Waals surface area contributed by atoms with Crippen LogP contribution in [-0.4, -0.2) is 19.3 Å². The van der Waals surface area contributed by atoms with Crippen LogP contribution in [0.3, 0.4) is 0 Å². The Bertz CT molecular complexity index is 629. The van der Waals surface area contributed by atoms with Crippen molar-refractivity contribution in [1.82, 2.24) is 0 Å². The third kappa shape index (κ3) is 3.58. The van der Waals surface area contributed by atoms with E-state index >= 15 is 0 Å². The minimum absolute atomic E-state index is 0.0609. The Balaban J connectivity index is 2.19. The molecule has 0 aliphatic carbocycles. The molecule has 102 valence electrons. The van der Waals surface area contributed by atoms with Crippen LogP contribution in [0.5, 0.6) is 5.75 Å². The summed E-state index contributed by atoms with van der Waals surface area (Å²) in [6.45, 7) is 0. The molecule has 5 nitrogen and oxygen atoms in total. The summed E-state index contributed by atoms with van der Waals surface area (Å²) < 4.78 is 5.22. The molecular weight excluding hydrogens is 252 g/mol. The number of nitrogens with zero attached hydrogens (tertiary/aromatic N) is 2. The average molecular weight is 268 g/mol. The fourth-order valence-electron chi connectivity index (χ4n) is 1.73. The lowest BCUT2D eigenvalue weighted by Gasteiger charge is -2.05. The van der Waals surface area contributed by atoms with Gasteiger partial charge in [0.1, 0.15) is 5.75 Å². The minimum atomic E-state index is -0.0609. The summed E-state index contributed by atoms with van der Waals surface area (Å²) in [5, 5.41) is 7.31. The van der Waals surface area contributed by atoms with E-state index in [-0.39, 0.29) is 5.96 Å². The van der Waals surface area contributed by atoms with Crippen molar-refractivity contribution in [3.8, 4) is 16.9 Å². The molecule has 0 aliphatic heterocycles. The number of nitrogens with two attached hydrogens (primary N) is 2. The summed E-state index contributed by atoms with van der Waals surface area (Å²) in [6, 6.07) is 15.8. The largest absolute Gasteiger partial charge is 0.497 e. The van der Waals surface area contributed by atoms with Gasteiger partial charge in [0.15, 0.2) is 0 Å². The number of benzene rings is 2. The van der Waals surface area contributed by atoms with Gasteiger partial charge in [-0.15, -0.1) is 5.10 Å². The van der Waals surface area contributed by atoms with E-state index in [1.807, 2.05) is 48.5 Å². The summed E-state index contributed by atoms with van der Waals surface area (Å²) in [5.41, 5.74) is 13.5. The SMILES string of the molecule is COc1cccc(-c2ccc(C=NN=C(N)N)cc2)c1. The topological polar surface area (TPSA) is 86.0 Å². The number of rotatable bonds is 4. The standard InChI is InChI=1S/C15H16N4O/c1-20-14-4-2-3-13(9-14)12-7-5-11(6-8-12)10-18-19-15(16)17/h2-10H,1H3,(H4,16,17,19). The maximum atomic E-state index is 5.22. The van der Waals surface area contributed by atoms with Crippen molar-refractivity contribution in [2.24, 2.45) is 21.7 Å². The Kier molecular flexibility index (Phi) is 4.34. The van der Waals surface area contributed by atoms with Gasteiger partial charge in [0.25, 0.3) is 0 Å². The van der Waals surface area contributed by atoms with Gasteiger partial charge in [0.2, 0.25) is 5.96 Å². The van der Waals surface area contributed by atoms with Crippen LogP contribution in [0, 0.1) is 0 Å². The van der Waals surface area contributed by atoms with Gasteiger partial charge in [0, 0.05) is 0 Å². The van der Waals surface area contributed by atoms with E-state index in [0.29, 0.717) is 0 Å². The first kappa shape index (κ1) is 13.6. The molecule has 0 aromatic heterocycles. The van der Waals surface area contributed by atoms with Crippen LogP contribution < -0.4 is 16.2 Å². The molecule has 5 heteroatoms. The van der Waals surface area contributed by atoms with Crippen LogP contribution in [0.25, 0.3) is 11.1 Å². The Hall–Kier alpha value is -2.82. The smallest absolute Gasteiger partial charge is 0.211 e. The number of ether oxygens (including phenoxy) is 1. The lowest BCUT2D eigenvalue weighted by Crippen LogP contribution is -2.21. The highest BCUT2D eigenvalue weighted by molar-refractivity contribution is 5.82. The van der Waals surface area contributed by atoms with Crippen molar-refractivity contribution >= 4 is 12.2 Å². The summed E-state index contributed by atoms with van der Waals surface area (Å²) in [5.74, 6) is 0.773. The first-order valence-electron chi connectivity index (χ1n) is 6.05. The number of methoxy groups -OCH3 is 1. The lowest BCUT2D eigenvalue weighted by molar-refractivity contribution is 0.415.